The van der Waals surface area contributed by atoms with Crippen molar-refractivity contribution in [2.24, 2.45) is 10.9 Å². The van der Waals surface area contributed by atoms with E-state index >= 15 is 0 Å². The van der Waals surface area contributed by atoms with Crippen LogP contribution in [0.15, 0.2) is 4.99 Å². The van der Waals surface area contributed by atoms with E-state index in [1.54, 1.807) is 0 Å². The van der Waals surface area contributed by atoms with E-state index in [1.165, 1.54) is 19.4 Å². The molecule has 0 aliphatic carbocycles. The molecule has 1 saturated heterocycles. The molecule has 0 aromatic heterocycles. The molecule has 1 aliphatic heterocycles. The molecule has 2 N–H and O–H groups in total. The molecule has 0 aromatic carbocycles. The van der Waals surface area contributed by atoms with Crippen LogP contribution in [-0.2, 0) is 0 Å². The van der Waals surface area contributed by atoms with Gasteiger partial charge in [0, 0.05) is 25.7 Å². The molecular formula is C14H31IN4. The topological polar surface area (TPSA) is 39.7 Å². The molecule has 4 nitrogen and oxygen atoms in total. The molecule has 0 spiro atoms. The van der Waals surface area contributed by atoms with Crippen molar-refractivity contribution in [3.8, 4) is 0 Å². The lowest BCUT2D eigenvalue weighted by molar-refractivity contribution is 0.267. The lowest BCUT2D eigenvalue weighted by Crippen LogP contribution is -2.45. The zero-order chi connectivity index (χ0) is 13.4. The molecule has 1 aliphatic rings. The summed E-state index contributed by atoms with van der Waals surface area (Å²) in [7, 11) is 0. The molecule has 5 heteroatoms. The van der Waals surface area contributed by atoms with Crippen LogP contribution in [0.4, 0.5) is 0 Å². The van der Waals surface area contributed by atoms with E-state index in [4.69, 9.17) is 0 Å². The van der Waals surface area contributed by atoms with Crippen molar-refractivity contribution in [3.05, 3.63) is 0 Å². The predicted octanol–water partition coefficient (Wildman–Crippen LogP) is 2.30. The number of likely N-dealkylation sites (N-methyl/N-ethyl adjacent to an activating group) is 1. The van der Waals surface area contributed by atoms with Crippen LogP contribution in [-0.4, -0.2) is 49.6 Å². The zero-order valence-corrected chi connectivity index (χ0v) is 15.2. The van der Waals surface area contributed by atoms with Gasteiger partial charge in [0.25, 0.3) is 0 Å². The third-order valence-corrected chi connectivity index (χ3v) is 3.37. The molecule has 1 unspecified atom stereocenters. The first-order chi connectivity index (χ1) is 8.67. The van der Waals surface area contributed by atoms with Gasteiger partial charge >= 0.3 is 0 Å². The summed E-state index contributed by atoms with van der Waals surface area (Å²) in [6.45, 7) is 14.0. The van der Waals surface area contributed by atoms with Crippen molar-refractivity contribution in [2.45, 2.75) is 46.6 Å². The fourth-order valence-electron chi connectivity index (χ4n) is 2.37. The minimum atomic E-state index is 0. The van der Waals surface area contributed by atoms with Crippen LogP contribution in [0, 0.1) is 5.92 Å². The van der Waals surface area contributed by atoms with Crippen LogP contribution in [0.3, 0.4) is 0 Å². The summed E-state index contributed by atoms with van der Waals surface area (Å²) in [5.74, 6) is 1.58. The third-order valence-electron chi connectivity index (χ3n) is 3.37. The molecule has 1 fully saturated rings. The Morgan fingerprint density at radius 3 is 2.63 bits per heavy atom. The highest BCUT2D eigenvalue weighted by Gasteiger charge is 2.22. The van der Waals surface area contributed by atoms with E-state index in [9.17, 15) is 0 Å². The lowest BCUT2D eigenvalue weighted by Gasteiger charge is -2.24. The average molecular weight is 382 g/mol. The van der Waals surface area contributed by atoms with Gasteiger partial charge in [-0.15, -0.1) is 24.0 Å². The Morgan fingerprint density at radius 2 is 2.05 bits per heavy atom. The van der Waals surface area contributed by atoms with Gasteiger partial charge in [0.1, 0.15) is 0 Å². The van der Waals surface area contributed by atoms with E-state index in [2.05, 4.69) is 48.2 Å². The van der Waals surface area contributed by atoms with Gasteiger partial charge in [-0.3, -0.25) is 9.89 Å². The third kappa shape index (κ3) is 7.34. The average Bonchev–Trinajstić information content (AvgIpc) is 2.80. The summed E-state index contributed by atoms with van der Waals surface area (Å²) in [5.41, 5.74) is 0. The quantitative estimate of drug-likeness (QED) is 0.421. The molecule has 114 valence electrons. The molecule has 0 aromatic rings. The van der Waals surface area contributed by atoms with Gasteiger partial charge in [0.05, 0.1) is 0 Å². The fourth-order valence-corrected chi connectivity index (χ4v) is 2.37. The highest BCUT2D eigenvalue weighted by Crippen LogP contribution is 2.15. The van der Waals surface area contributed by atoms with Gasteiger partial charge in [-0.1, -0.05) is 20.8 Å². The van der Waals surface area contributed by atoms with Crippen LogP contribution in [0.2, 0.25) is 0 Å². The van der Waals surface area contributed by atoms with Crippen molar-refractivity contribution in [1.29, 1.82) is 0 Å². The van der Waals surface area contributed by atoms with Crippen molar-refractivity contribution in [1.82, 2.24) is 15.5 Å². The van der Waals surface area contributed by atoms with Crippen molar-refractivity contribution >= 4 is 29.9 Å². The Bertz CT molecular complexity index is 256. The van der Waals surface area contributed by atoms with Crippen molar-refractivity contribution in [2.75, 3.05) is 32.7 Å². The number of guanidine groups is 1. The Labute approximate surface area is 135 Å². The van der Waals surface area contributed by atoms with Crippen LogP contribution < -0.4 is 10.6 Å². The minimum Gasteiger partial charge on any atom is -0.357 e. The molecule has 19 heavy (non-hydrogen) atoms. The Kier molecular flexibility index (Phi) is 10.7. The van der Waals surface area contributed by atoms with Gasteiger partial charge in [0.2, 0.25) is 0 Å². The summed E-state index contributed by atoms with van der Waals surface area (Å²) >= 11 is 0. The van der Waals surface area contributed by atoms with E-state index in [-0.39, 0.29) is 24.0 Å². The van der Waals surface area contributed by atoms with Crippen LogP contribution >= 0.6 is 24.0 Å². The Hall–Kier alpha value is -0.0400. The van der Waals surface area contributed by atoms with Gasteiger partial charge in [-0.2, -0.15) is 0 Å². The smallest absolute Gasteiger partial charge is 0.191 e. The van der Waals surface area contributed by atoms with Gasteiger partial charge in [-0.25, -0.2) is 0 Å². The normalized spacial score (nSPS) is 20.5. The standard InChI is InChI=1S/C14H30N4.HI/c1-5-15-14(16-10-12(3)4)17-11-13-8-7-9-18(13)6-2;/h12-13H,5-11H2,1-4H3,(H2,15,16,17);1H. The Morgan fingerprint density at radius 1 is 1.32 bits per heavy atom. The highest BCUT2D eigenvalue weighted by molar-refractivity contribution is 14.0. The summed E-state index contributed by atoms with van der Waals surface area (Å²) in [6.07, 6.45) is 2.64. The number of aliphatic imine (C=N–C) groups is 1. The maximum atomic E-state index is 4.60. The summed E-state index contributed by atoms with van der Waals surface area (Å²) in [4.78, 5) is 7.16. The first-order valence-electron chi connectivity index (χ1n) is 7.43. The van der Waals surface area contributed by atoms with Crippen LogP contribution in [0.1, 0.15) is 40.5 Å². The van der Waals surface area contributed by atoms with Gasteiger partial charge in [0.15, 0.2) is 5.96 Å². The summed E-state index contributed by atoms with van der Waals surface area (Å²) in [5, 5.41) is 6.79. The lowest BCUT2D eigenvalue weighted by atomic mass is 10.2. The minimum absolute atomic E-state index is 0. The molecule has 0 amide bonds. The zero-order valence-electron chi connectivity index (χ0n) is 12.9. The molecule has 1 atom stereocenters. The van der Waals surface area contributed by atoms with Crippen LogP contribution in [0.25, 0.3) is 0 Å². The van der Waals surface area contributed by atoms with E-state index in [0.717, 1.165) is 32.1 Å². The number of hydrogen-bond acceptors (Lipinski definition) is 2. The van der Waals surface area contributed by atoms with Gasteiger partial charge in [-0.05, 0) is 38.8 Å². The summed E-state index contributed by atoms with van der Waals surface area (Å²) in [6, 6.07) is 0.679. The molecule has 0 saturated carbocycles. The van der Waals surface area contributed by atoms with Crippen molar-refractivity contribution < 1.29 is 0 Å². The monoisotopic (exact) mass is 382 g/mol. The second kappa shape index (κ2) is 10.7. The van der Waals surface area contributed by atoms with Gasteiger partial charge < -0.3 is 10.6 Å². The number of hydrogen-bond donors (Lipinski definition) is 2. The van der Waals surface area contributed by atoms with Crippen LogP contribution in [0.5, 0.6) is 0 Å². The maximum Gasteiger partial charge on any atom is 0.191 e. The second-order valence-corrected chi connectivity index (χ2v) is 5.42. The highest BCUT2D eigenvalue weighted by atomic mass is 127. The first kappa shape index (κ1) is 19.0. The first-order valence-corrected chi connectivity index (χ1v) is 7.43. The molecule has 0 bridgehead atoms. The van der Waals surface area contributed by atoms with E-state index < -0.39 is 0 Å². The number of nitrogens with zero attached hydrogens (tertiary/aromatic N) is 2. The number of nitrogens with one attached hydrogen (secondary N) is 2. The SMILES string of the molecule is CCNC(=NCC(C)C)NCC1CCCN1CC.I. The Balaban J connectivity index is 0.00000324. The predicted molar refractivity (Wildman–Crippen MR) is 94.5 cm³/mol. The molecule has 0 radical (unpaired) electrons. The van der Waals surface area contributed by atoms with E-state index in [0.29, 0.717) is 12.0 Å². The van der Waals surface area contributed by atoms with E-state index in [1.807, 2.05) is 0 Å². The largest absolute Gasteiger partial charge is 0.357 e. The summed E-state index contributed by atoms with van der Waals surface area (Å²) < 4.78 is 0. The fraction of sp³-hybridized carbons (Fsp3) is 0.929. The second-order valence-electron chi connectivity index (χ2n) is 5.42. The molecular weight excluding hydrogens is 351 g/mol. The molecule has 1 rings (SSSR count). The van der Waals surface area contributed by atoms with Crippen molar-refractivity contribution in [3.63, 3.8) is 0 Å². The maximum absolute atomic E-state index is 4.60. The number of halogens is 1. The molecule has 1 heterocycles. The number of likely N-dealkylation sites (tertiary alicyclic amines) is 1. The number of rotatable bonds is 6.